The summed E-state index contributed by atoms with van der Waals surface area (Å²) in [6.07, 6.45) is 7.32. The van der Waals surface area contributed by atoms with Crippen LogP contribution >= 0.6 is 0 Å². The van der Waals surface area contributed by atoms with Gasteiger partial charge in [-0.25, -0.2) is 0 Å². The molecule has 1 N–H and O–H groups in total. The number of hydrogen-bond donors (Lipinski definition) is 1. The zero-order valence-electron chi connectivity index (χ0n) is 9.30. The Balaban J connectivity index is 1.59. The molecule has 1 heterocycles. The van der Waals surface area contributed by atoms with Crippen molar-refractivity contribution in [1.82, 2.24) is 5.32 Å². The van der Waals surface area contributed by atoms with Crippen molar-refractivity contribution in [1.29, 1.82) is 0 Å². The predicted octanol–water partition coefficient (Wildman–Crippen LogP) is 2.19. The molecule has 0 aromatic carbocycles. The molecular weight excluding hydrogens is 174 g/mol. The van der Waals surface area contributed by atoms with Crippen LogP contribution in [0.25, 0.3) is 0 Å². The Hall–Kier alpha value is -0.0800. The molecule has 1 aliphatic heterocycles. The summed E-state index contributed by atoms with van der Waals surface area (Å²) in [7, 11) is 0. The van der Waals surface area contributed by atoms with Crippen LogP contribution in [0.3, 0.4) is 0 Å². The lowest BCUT2D eigenvalue weighted by Gasteiger charge is -2.26. The highest BCUT2D eigenvalue weighted by Crippen LogP contribution is 2.26. The predicted molar refractivity (Wildman–Crippen MR) is 58.3 cm³/mol. The van der Waals surface area contributed by atoms with Crippen molar-refractivity contribution in [2.45, 2.75) is 45.1 Å². The molecule has 0 aromatic rings. The van der Waals surface area contributed by atoms with E-state index in [1.165, 1.54) is 45.2 Å². The van der Waals surface area contributed by atoms with Gasteiger partial charge in [0.15, 0.2) is 0 Å². The molecule has 0 spiro atoms. The van der Waals surface area contributed by atoms with Crippen molar-refractivity contribution >= 4 is 0 Å². The zero-order chi connectivity index (χ0) is 9.80. The molecule has 2 nitrogen and oxygen atoms in total. The van der Waals surface area contributed by atoms with E-state index in [2.05, 4.69) is 12.2 Å². The van der Waals surface area contributed by atoms with Gasteiger partial charge in [-0.3, -0.25) is 0 Å². The second-order valence-electron chi connectivity index (χ2n) is 4.82. The minimum atomic E-state index is 0.531. The maximum Gasteiger partial charge on any atom is 0.0613 e. The van der Waals surface area contributed by atoms with Crippen LogP contribution in [0.15, 0.2) is 0 Å². The molecule has 14 heavy (non-hydrogen) atoms. The van der Waals surface area contributed by atoms with Crippen molar-refractivity contribution in [2.24, 2.45) is 11.8 Å². The monoisotopic (exact) mass is 197 g/mol. The Morgan fingerprint density at radius 1 is 1.21 bits per heavy atom. The average Bonchev–Trinajstić information content (AvgIpc) is 2.56. The Labute approximate surface area is 87.4 Å². The standard InChI is InChI=1S/C12H23NO/c1-2-12-11(6-7-14-12)9-13-8-10-4-3-5-10/h10-13H,2-9H2,1H3. The fourth-order valence-electron chi connectivity index (χ4n) is 2.55. The highest BCUT2D eigenvalue weighted by Gasteiger charge is 2.26. The van der Waals surface area contributed by atoms with Crippen LogP contribution < -0.4 is 5.32 Å². The van der Waals surface area contributed by atoms with Gasteiger partial charge in [0.2, 0.25) is 0 Å². The lowest BCUT2D eigenvalue weighted by atomic mass is 9.85. The highest BCUT2D eigenvalue weighted by molar-refractivity contribution is 4.78. The summed E-state index contributed by atoms with van der Waals surface area (Å²) in [5.74, 6) is 1.76. The van der Waals surface area contributed by atoms with Crippen molar-refractivity contribution in [3.63, 3.8) is 0 Å². The fraction of sp³-hybridized carbons (Fsp3) is 1.00. The molecule has 1 aliphatic carbocycles. The molecule has 2 aliphatic rings. The first-order chi connectivity index (χ1) is 6.90. The third kappa shape index (κ3) is 2.48. The molecule has 2 heteroatoms. The van der Waals surface area contributed by atoms with Gasteiger partial charge in [-0.1, -0.05) is 13.3 Å². The van der Waals surface area contributed by atoms with E-state index in [0.29, 0.717) is 6.10 Å². The second-order valence-corrected chi connectivity index (χ2v) is 4.82. The van der Waals surface area contributed by atoms with Crippen LogP contribution in [-0.2, 0) is 4.74 Å². The normalized spacial score (nSPS) is 33.2. The molecule has 1 saturated carbocycles. The summed E-state index contributed by atoms with van der Waals surface area (Å²) in [5.41, 5.74) is 0. The number of nitrogens with one attached hydrogen (secondary N) is 1. The van der Waals surface area contributed by atoms with Gasteiger partial charge in [-0.05, 0) is 44.1 Å². The Kier molecular flexibility index (Phi) is 3.82. The summed E-state index contributed by atoms with van der Waals surface area (Å²) >= 11 is 0. The molecule has 0 amide bonds. The Bertz CT molecular complexity index is 168. The molecule has 2 unspecified atom stereocenters. The molecule has 0 radical (unpaired) electrons. The first-order valence-corrected chi connectivity index (χ1v) is 6.22. The lowest BCUT2D eigenvalue weighted by molar-refractivity contribution is 0.0867. The van der Waals surface area contributed by atoms with Crippen LogP contribution in [0.4, 0.5) is 0 Å². The summed E-state index contributed by atoms with van der Waals surface area (Å²) in [4.78, 5) is 0. The molecule has 1 saturated heterocycles. The lowest BCUT2D eigenvalue weighted by Crippen LogP contribution is -2.33. The first-order valence-electron chi connectivity index (χ1n) is 6.22. The van der Waals surface area contributed by atoms with E-state index >= 15 is 0 Å². The number of ether oxygens (including phenoxy) is 1. The van der Waals surface area contributed by atoms with Gasteiger partial charge in [0.25, 0.3) is 0 Å². The van der Waals surface area contributed by atoms with Gasteiger partial charge in [-0.15, -0.1) is 0 Å². The first kappa shape index (κ1) is 10.4. The largest absolute Gasteiger partial charge is 0.378 e. The summed E-state index contributed by atoms with van der Waals surface area (Å²) in [5, 5.41) is 3.61. The molecule has 2 fully saturated rings. The van der Waals surface area contributed by atoms with E-state index < -0.39 is 0 Å². The molecule has 2 atom stereocenters. The number of rotatable bonds is 5. The summed E-state index contributed by atoms with van der Waals surface area (Å²) in [6.45, 7) is 5.63. The quantitative estimate of drug-likeness (QED) is 0.729. The topological polar surface area (TPSA) is 21.3 Å². The third-order valence-corrected chi connectivity index (χ3v) is 3.81. The second kappa shape index (κ2) is 5.13. The van der Waals surface area contributed by atoms with Gasteiger partial charge in [0.1, 0.15) is 0 Å². The molecule has 0 bridgehead atoms. The van der Waals surface area contributed by atoms with E-state index in [4.69, 9.17) is 4.74 Å². The summed E-state index contributed by atoms with van der Waals surface area (Å²) in [6, 6.07) is 0. The van der Waals surface area contributed by atoms with Crippen molar-refractivity contribution in [3.8, 4) is 0 Å². The van der Waals surface area contributed by atoms with Gasteiger partial charge < -0.3 is 10.1 Å². The van der Waals surface area contributed by atoms with E-state index in [9.17, 15) is 0 Å². The fourth-order valence-corrected chi connectivity index (χ4v) is 2.55. The van der Waals surface area contributed by atoms with E-state index in [1.54, 1.807) is 0 Å². The minimum Gasteiger partial charge on any atom is -0.378 e. The summed E-state index contributed by atoms with van der Waals surface area (Å²) < 4.78 is 5.67. The maximum atomic E-state index is 5.67. The average molecular weight is 197 g/mol. The van der Waals surface area contributed by atoms with Crippen LogP contribution in [0.5, 0.6) is 0 Å². The van der Waals surface area contributed by atoms with Crippen molar-refractivity contribution < 1.29 is 4.74 Å². The van der Waals surface area contributed by atoms with Gasteiger partial charge in [-0.2, -0.15) is 0 Å². The van der Waals surface area contributed by atoms with Crippen LogP contribution in [-0.4, -0.2) is 25.8 Å². The van der Waals surface area contributed by atoms with E-state index in [1.807, 2.05) is 0 Å². The van der Waals surface area contributed by atoms with Crippen molar-refractivity contribution in [3.05, 3.63) is 0 Å². The number of hydrogen-bond acceptors (Lipinski definition) is 2. The molecular formula is C12H23NO. The smallest absolute Gasteiger partial charge is 0.0613 e. The maximum absolute atomic E-state index is 5.67. The highest BCUT2D eigenvalue weighted by atomic mass is 16.5. The van der Waals surface area contributed by atoms with Gasteiger partial charge in [0.05, 0.1) is 6.10 Å². The van der Waals surface area contributed by atoms with Crippen LogP contribution in [0, 0.1) is 11.8 Å². The van der Waals surface area contributed by atoms with Crippen LogP contribution in [0.1, 0.15) is 39.0 Å². The Morgan fingerprint density at radius 3 is 2.71 bits per heavy atom. The molecule has 82 valence electrons. The molecule has 0 aromatic heterocycles. The van der Waals surface area contributed by atoms with E-state index in [0.717, 1.165) is 18.4 Å². The molecule has 2 rings (SSSR count). The van der Waals surface area contributed by atoms with Gasteiger partial charge >= 0.3 is 0 Å². The SMILES string of the molecule is CCC1OCCC1CNCC1CCC1. The van der Waals surface area contributed by atoms with E-state index in [-0.39, 0.29) is 0 Å². The van der Waals surface area contributed by atoms with Crippen molar-refractivity contribution in [2.75, 3.05) is 19.7 Å². The van der Waals surface area contributed by atoms with Gasteiger partial charge in [0, 0.05) is 13.2 Å². The minimum absolute atomic E-state index is 0.531. The van der Waals surface area contributed by atoms with Crippen LogP contribution in [0.2, 0.25) is 0 Å². The Morgan fingerprint density at radius 2 is 2.07 bits per heavy atom. The zero-order valence-corrected chi connectivity index (χ0v) is 9.30. The third-order valence-electron chi connectivity index (χ3n) is 3.81.